The van der Waals surface area contributed by atoms with Crippen LogP contribution in [0.1, 0.15) is 0 Å². The Morgan fingerprint density at radius 3 is 2.00 bits per heavy atom. The normalized spacial score (nSPS) is 11.7. The van der Waals surface area contributed by atoms with E-state index in [2.05, 4.69) is 144 Å². The van der Waals surface area contributed by atoms with Crippen LogP contribution in [-0.2, 0) is 0 Å². The molecule has 8 aromatic carbocycles. The highest BCUT2D eigenvalue weighted by atomic mass is 16.3. The number of hydrogen-bond donors (Lipinski definition) is 0. The minimum absolute atomic E-state index is 0.577. The monoisotopic (exact) mass is 628 g/mol. The molecule has 0 fully saturated rings. The smallest absolute Gasteiger partial charge is 0.228 e. The lowest BCUT2D eigenvalue weighted by Crippen LogP contribution is -2.10. The third kappa shape index (κ3) is 4.49. The number of benzene rings is 8. The molecule has 0 unspecified atom stereocenters. The molecule has 0 aliphatic heterocycles. The number of aromatic nitrogens is 1. The quantitative estimate of drug-likeness (QED) is 0.190. The van der Waals surface area contributed by atoms with Gasteiger partial charge >= 0.3 is 0 Å². The number of fused-ring (bicyclic) bond motifs is 7. The molecule has 4 nitrogen and oxygen atoms in total. The van der Waals surface area contributed by atoms with Gasteiger partial charge in [0.1, 0.15) is 11.1 Å². The zero-order chi connectivity index (χ0) is 32.3. The Kier molecular flexibility index (Phi) is 6.15. The zero-order valence-corrected chi connectivity index (χ0v) is 26.4. The summed E-state index contributed by atoms with van der Waals surface area (Å²) in [7, 11) is 0. The molecule has 2 heterocycles. The largest absolute Gasteiger partial charge is 0.453 e. The Bertz CT molecular complexity index is 2800. The van der Waals surface area contributed by atoms with Crippen molar-refractivity contribution in [1.82, 2.24) is 4.98 Å². The molecule has 0 aliphatic carbocycles. The zero-order valence-electron chi connectivity index (χ0n) is 26.4. The minimum Gasteiger partial charge on any atom is -0.453 e. The number of anilines is 3. The number of hydrogen-bond acceptors (Lipinski definition) is 4. The van der Waals surface area contributed by atoms with Crippen LogP contribution in [-0.4, -0.2) is 4.98 Å². The van der Waals surface area contributed by atoms with Crippen LogP contribution in [0.25, 0.3) is 77.2 Å². The maximum absolute atomic E-state index is 7.03. The van der Waals surface area contributed by atoms with Gasteiger partial charge in [-0.15, -0.1) is 0 Å². The van der Waals surface area contributed by atoms with Gasteiger partial charge in [-0.3, -0.25) is 0 Å². The molecule has 230 valence electrons. The van der Waals surface area contributed by atoms with Crippen LogP contribution >= 0.6 is 0 Å². The van der Waals surface area contributed by atoms with E-state index in [-0.39, 0.29) is 0 Å². The highest BCUT2D eigenvalue weighted by Crippen LogP contribution is 2.47. The average molecular weight is 629 g/mol. The van der Waals surface area contributed by atoms with E-state index < -0.39 is 0 Å². The molecule has 0 N–H and O–H groups in total. The Hall–Kier alpha value is -6.65. The van der Waals surface area contributed by atoms with Gasteiger partial charge in [0.2, 0.25) is 5.89 Å². The molecule has 0 radical (unpaired) electrons. The maximum atomic E-state index is 7.03. The van der Waals surface area contributed by atoms with Gasteiger partial charge in [-0.25, -0.2) is 4.98 Å². The van der Waals surface area contributed by atoms with Gasteiger partial charge in [0.05, 0.1) is 5.69 Å². The van der Waals surface area contributed by atoms with Gasteiger partial charge in [-0.1, -0.05) is 121 Å². The number of furan rings is 1. The van der Waals surface area contributed by atoms with Crippen molar-refractivity contribution in [2.24, 2.45) is 0 Å². The molecule has 2 aromatic heterocycles. The molecule has 0 amide bonds. The van der Waals surface area contributed by atoms with Gasteiger partial charge in [-0.2, -0.15) is 0 Å². The van der Waals surface area contributed by atoms with Crippen molar-refractivity contribution in [1.29, 1.82) is 0 Å². The summed E-state index contributed by atoms with van der Waals surface area (Å²) in [6, 6.07) is 59.2. The van der Waals surface area contributed by atoms with Crippen molar-refractivity contribution in [2.75, 3.05) is 4.90 Å². The van der Waals surface area contributed by atoms with Gasteiger partial charge in [0.25, 0.3) is 0 Å². The summed E-state index contributed by atoms with van der Waals surface area (Å²) in [4.78, 5) is 7.22. The molecule has 0 saturated heterocycles. The first-order valence-corrected chi connectivity index (χ1v) is 16.5. The van der Waals surface area contributed by atoms with E-state index in [1.54, 1.807) is 0 Å². The molecule has 49 heavy (non-hydrogen) atoms. The molecule has 0 bridgehead atoms. The van der Waals surface area contributed by atoms with E-state index in [0.29, 0.717) is 5.89 Å². The average Bonchev–Trinajstić information content (AvgIpc) is 3.78. The van der Waals surface area contributed by atoms with E-state index in [1.807, 2.05) is 30.3 Å². The maximum Gasteiger partial charge on any atom is 0.228 e. The van der Waals surface area contributed by atoms with Gasteiger partial charge < -0.3 is 13.7 Å². The lowest BCUT2D eigenvalue weighted by molar-refractivity contribution is 0.620. The predicted molar refractivity (Wildman–Crippen MR) is 202 cm³/mol. The van der Waals surface area contributed by atoms with Crippen molar-refractivity contribution in [3.63, 3.8) is 0 Å². The molecule has 0 aliphatic rings. The molecule has 4 heteroatoms. The number of para-hydroxylation sites is 3. The topological polar surface area (TPSA) is 42.4 Å². The van der Waals surface area contributed by atoms with E-state index in [1.165, 1.54) is 21.9 Å². The molecular formula is C45H28N2O2. The van der Waals surface area contributed by atoms with Crippen LogP contribution in [0, 0.1) is 0 Å². The summed E-state index contributed by atoms with van der Waals surface area (Å²) in [5.41, 5.74) is 9.48. The highest BCUT2D eigenvalue weighted by molar-refractivity contribution is 6.22. The Morgan fingerprint density at radius 1 is 0.449 bits per heavy atom. The predicted octanol–water partition coefficient (Wildman–Crippen LogP) is 12.8. The molecule has 0 spiro atoms. The van der Waals surface area contributed by atoms with Crippen LogP contribution in [0.15, 0.2) is 179 Å². The van der Waals surface area contributed by atoms with Crippen LogP contribution in [0.2, 0.25) is 0 Å². The molecule has 10 rings (SSSR count). The second-order valence-electron chi connectivity index (χ2n) is 12.4. The third-order valence-electron chi connectivity index (χ3n) is 9.46. The summed E-state index contributed by atoms with van der Waals surface area (Å²) >= 11 is 0. The summed E-state index contributed by atoms with van der Waals surface area (Å²) in [6.07, 6.45) is 0. The van der Waals surface area contributed by atoms with Gasteiger partial charge in [0, 0.05) is 33.1 Å². The van der Waals surface area contributed by atoms with Crippen molar-refractivity contribution >= 4 is 71.6 Å². The summed E-state index contributed by atoms with van der Waals surface area (Å²) < 4.78 is 13.4. The van der Waals surface area contributed by atoms with Crippen LogP contribution in [0.5, 0.6) is 0 Å². The summed E-state index contributed by atoms with van der Waals surface area (Å²) in [5.74, 6) is 0.577. The summed E-state index contributed by atoms with van der Waals surface area (Å²) in [6.45, 7) is 0. The SMILES string of the molecule is c1ccc(-c2ccc(N(c3ccc4ccccc4c3)c3cccc4c3oc3c5ccccc5cc(-c5nc6ccccc6o5)c43)cc2)cc1. The molecule has 0 atom stereocenters. The second kappa shape index (κ2) is 11.0. The van der Waals surface area contributed by atoms with E-state index in [0.717, 1.165) is 66.4 Å². The van der Waals surface area contributed by atoms with Gasteiger partial charge in [0.15, 0.2) is 11.2 Å². The van der Waals surface area contributed by atoms with Crippen LogP contribution in [0.4, 0.5) is 17.1 Å². The fraction of sp³-hybridized carbons (Fsp3) is 0. The van der Waals surface area contributed by atoms with Crippen LogP contribution in [0.3, 0.4) is 0 Å². The first kappa shape index (κ1) is 27.5. The first-order chi connectivity index (χ1) is 24.3. The standard InChI is InChI=1S/C45H28N2O2/c1-2-11-29(12-3-1)31-21-24-34(25-22-31)47(35-26-23-30-13-4-5-14-32(30)27-35)40-19-10-17-37-42-38(45-46-39-18-8-9-20-41(39)48-45)28-33-15-6-7-16-36(33)44(42)49-43(37)40/h1-28H. The van der Waals surface area contributed by atoms with Crippen molar-refractivity contribution in [3.05, 3.63) is 170 Å². The molecular weight excluding hydrogens is 601 g/mol. The van der Waals surface area contributed by atoms with Gasteiger partial charge in [-0.05, 0) is 75.8 Å². The Labute approximate surface area is 282 Å². The van der Waals surface area contributed by atoms with Crippen molar-refractivity contribution < 1.29 is 8.83 Å². The molecule has 10 aromatic rings. The van der Waals surface area contributed by atoms with Crippen molar-refractivity contribution in [2.45, 2.75) is 0 Å². The summed E-state index contributed by atoms with van der Waals surface area (Å²) in [5, 5.41) is 6.47. The minimum atomic E-state index is 0.577. The fourth-order valence-electron chi connectivity index (χ4n) is 7.13. The van der Waals surface area contributed by atoms with E-state index >= 15 is 0 Å². The second-order valence-corrected chi connectivity index (χ2v) is 12.4. The van der Waals surface area contributed by atoms with Crippen molar-refractivity contribution in [3.8, 4) is 22.6 Å². The number of oxazole rings is 1. The third-order valence-corrected chi connectivity index (χ3v) is 9.46. The Morgan fingerprint density at radius 2 is 1.14 bits per heavy atom. The lowest BCUT2D eigenvalue weighted by Gasteiger charge is -2.26. The lowest BCUT2D eigenvalue weighted by atomic mass is 9.99. The Balaban J connectivity index is 1.24. The fourth-order valence-corrected chi connectivity index (χ4v) is 7.13. The number of nitrogens with zero attached hydrogens (tertiary/aromatic N) is 2. The highest BCUT2D eigenvalue weighted by Gasteiger charge is 2.24. The first-order valence-electron chi connectivity index (χ1n) is 16.5. The van der Waals surface area contributed by atoms with E-state index in [4.69, 9.17) is 13.8 Å². The van der Waals surface area contributed by atoms with Crippen LogP contribution < -0.4 is 4.90 Å². The van der Waals surface area contributed by atoms with E-state index in [9.17, 15) is 0 Å². The molecule has 0 saturated carbocycles. The number of rotatable bonds is 5.